The van der Waals surface area contributed by atoms with E-state index < -0.39 is 23.6 Å². The second-order valence-electron chi connectivity index (χ2n) is 10.5. The van der Waals surface area contributed by atoms with E-state index in [0.717, 1.165) is 33.8 Å². The maximum absolute atomic E-state index is 13.0. The van der Waals surface area contributed by atoms with Crippen molar-refractivity contribution in [2.75, 3.05) is 6.61 Å². The normalized spacial score (nSPS) is 13.0. The van der Waals surface area contributed by atoms with E-state index in [2.05, 4.69) is 22.0 Å². The van der Waals surface area contributed by atoms with Crippen LogP contribution in [0.1, 0.15) is 48.0 Å². The maximum atomic E-state index is 13.0. The van der Waals surface area contributed by atoms with Crippen LogP contribution in [0.25, 0.3) is 10.6 Å². The number of benzene rings is 3. The molecular formula is C32H34ClF3N2O3S. The number of rotatable bonds is 12. The van der Waals surface area contributed by atoms with Gasteiger partial charge in [0.25, 0.3) is 0 Å². The van der Waals surface area contributed by atoms with Gasteiger partial charge in [-0.2, -0.15) is 13.2 Å². The van der Waals surface area contributed by atoms with Crippen LogP contribution in [-0.2, 0) is 30.5 Å². The van der Waals surface area contributed by atoms with Crippen molar-refractivity contribution in [3.63, 3.8) is 0 Å². The Kier molecular flexibility index (Phi) is 10.3. The lowest BCUT2D eigenvalue weighted by atomic mass is 10.1. The van der Waals surface area contributed by atoms with Gasteiger partial charge in [0, 0.05) is 36.7 Å². The molecular weight excluding hydrogens is 585 g/mol. The van der Waals surface area contributed by atoms with Crippen molar-refractivity contribution in [2.24, 2.45) is 0 Å². The predicted octanol–water partition coefficient (Wildman–Crippen LogP) is 8.51. The minimum atomic E-state index is -4.38. The number of hydrogen-bond acceptors (Lipinski definition) is 6. The molecule has 4 rings (SSSR count). The number of ether oxygens (including phenoxy) is 2. The van der Waals surface area contributed by atoms with E-state index in [1.807, 2.05) is 37.3 Å². The largest absolute Gasteiger partial charge is 0.481 e. The Bertz CT molecular complexity index is 1460. The van der Waals surface area contributed by atoms with Crippen molar-refractivity contribution in [1.29, 1.82) is 0 Å². The smallest absolute Gasteiger partial charge is 0.416 e. The Labute approximate surface area is 253 Å². The number of nitrogens with zero attached hydrogens (tertiary/aromatic N) is 2. The van der Waals surface area contributed by atoms with Gasteiger partial charge in [-0.25, -0.2) is 4.98 Å². The molecule has 0 bridgehead atoms. The molecule has 0 spiro atoms. The van der Waals surface area contributed by atoms with Crippen molar-refractivity contribution in [3.8, 4) is 16.3 Å². The van der Waals surface area contributed by atoms with Gasteiger partial charge in [0.2, 0.25) is 0 Å². The highest BCUT2D eigenvalue weighted by atomic mass is 35.5. The molecule has 1 unspecified atom stereocenters. The van der Waals surface area contributed by atoms with Gasteiger partial charge in [-0.05, 0) is 63.1 Å². The fourth-order valence-electron chi connectivity index (χ4n) is 4.39. The molecule has 4 aromatic rings. The molecule has 10 heteroatoms. The van der Waals surface area contributed by atoms with Crippen molar-refractivity contribution in [3.05, 3.63) is 105 Å². The van der Waals surface area contributed by atoms with Gasteiger partial charge in [0.15, 0.2) is 11.9 Å². The highest BCUT2D eigenvalue weighted by Gasteiger charge is 2.32. The van der Waals surface area contributed by atoms with E-state index in [4.69, 9.17) is 21.1 Å². The highest BCUT2D eigenvalue weighted by molar-refractivity contribution is 7.15. The molecule has 224 valence electrons. The zero-order chi connectivity index (χ0) is 30.5. The Hall–Kier alpha value is -2.95. The highest BCUT2D eigenvalue weighted by Crippen LogP contribution is 2.34. The summed E-state index contributed by atoms with van der Waals surface area (Å²) in [5, 5.41) is 11.4. The van der Waals surface area contributed by atoms with Crippen LogP contribution in [0.2, 0.25) is 5.02 Å². The first-order valence-electron chi connectivity index (χ1n) is 13.5. The van der Waals surface area contributed by atoms with Crippen molar-refractivity contribution >= 4 is 22.9 Å². The molecule has 1 atom stereocenters. The average molecular weight is 619 g/mol. The molecule has 1 N–H and O–H groups in total. The summed E-state index contributed by atoms with van der Waals surface area (Å²) >= 11 is 8.09. The zero-order valence-electron chi connectivity index (χ0n) is 23.9. The quantitative estimate of drug-likeness (QED) is 0.161. The lowest BCUT2D eigenvalue weighted by Gasteiger charge is -2.31. The zero-order valence-corrected chi connectivity index (χ0v) is 25.5. The molecule has 0 fully saturated rings. The van der Waals surface area contributed by atoms with E-state index in [9.17, 15) is 18.3 Å². The first-order valence-corrected chi connectivity index (χ1v) is 14.7. The number of aromatic nitrogens is 1. The molecule has 0 aliphatic carbocycles. The Morgan fingerprint density at radius 3 is 2.24 bits per heavy atom. The van der Waals surface area contributed by atoms with Crippen molar-refractivity contribution in [2.45, 2.75) is 65.4 Å². The number of thiazole rings is 1. The van der Waals surface area contributed by atoms with Crippen LogP contribution in [-0.4, -0.2) is 33.5 Å². The van der Waals surface area contributed by atoms with Crippen LogP contribution < -0.4 is 4.74 Å². The van der Waals surface area contributed by atoms with Crippen molar-refractivity contribution in [1.82, 2.24) is 9.88 Å². The SMILES string of the molecule is CCOC(O)C(C)(C)Oc1ccc(CN(Cc2ccccc2)Cc2sc(-c3ccc(C(F)(F)F)cc3)nc2C)cc1Cl. The first-order chi connectivity index (χ1) is 19.9. The molecule has 0 radical (unpaired) electrons. The fraction of sp³-hybridized carbons (Fsp3) is 0.344. The number of hydrogen-bond donors (Lipinski definition) is 1. The molecule has 0 amide bonds. The molecule has 0 aliphatic rings. The van der Waals surface area contributed by atoms with E-state index in [-0.39, 0.29) is 0 Å². The minimum absolute atomic E-state index is 0.350. The van der Waals surface area contributed by atoms with Gasteiger partial charge in [0.05, 0.1) is 16.3 Å². The lowest BCUT2D eigenvalue weighted by molar-refractivity contribution is -0.186. The minimum Gasteiger partial charge on any atom is -0.481 e. The summed E-state index contributed by atoms with van der Waals surface area (Å²) in [5.74, 6) is 0.443. The van der Waals surface area contributed by atoms with Gasteiger partial charge < -0.3 is 14.6 Å². The number of halogens is 4. The summed E-state index contributed by atoms with van der Waals surface area (Å²) in [5.41, 5.74) is 1.91. The number of aryl methyl sites for hydroxylation is 1. The number of aliphatic hydroxyl groups is 1. The van der Waals surface area contributed by atoms with Crippen LogP contribution in [0, 0.1) is 6.92 Å². The van der Waals surface area contributed by atoms with Gasteiger partial charge in [-0.3, -0.25) is 4.90 Å². The van der Waals surface area contributed by atoms with Crippen LogP contribution in [0.5, 0.6) is 5.75 Å². The maximum Gasteiger partial charge on any atom is 0.416 e. The van der Waals surface area contributed by atoms with E-state index >= 15 is 0 Å². The standard InChI is InChI=1S/C32H34ClF3N2O3S/c1-5-40-30(39)31(3,4)41-27-16-11-23(17-26(27)33)19-38(18-22-9-7-6-8-10-22)20-28-21(2)37-29(42-28)24-12-14-25(15-13-24)32(34,35)36/h6-17,30,39H,5,18-20H2,1-4H3. The van der Waals surface area contributed by atoms with Gasteiger partial charge >= 0.3 is 6.18 Å². The average Bonchev–Trinajstić information content (AvgIpc) is 3.30. The monoisotopic (exact) mass is 618 g/mol. The summed E-state index contributed by atoms with van der Waals surface area (Å²) in [6.07, 6.45) is -5.50. The number of alkyl halides is 3. The van der Waals surface area contributed by atoms with Crippen molar-refractivity contribution < 1.29 is 27.8 Å². The molecule has 1 heterocycles. The second kappa shape index (κ2) is 13.6. The molecule has 1 aromatic heterocycles. The van der Waals surface area contributed by atoms with Crippen LogP contribution >= 0.6 is 22.9 Å². The third-order valence-corrected chi connectivity index (χ3v) is 8.15. The Morgan fingerprint density at radius 2 is 1.62 bits per heavy atom. The Balaban J connectivity index is 1.54. The summed E-state index contributed by atoms with van der Waals surface area (Å²) in [6.45, 7) is 9.35. The molecule has 0 saturated carbocycles. The predicted molar refractivity (Wildman–Crippen MR) is 160 cm³/mol. The summed E-state index contributed by atoms with van der Waals surface area (Å²) in [7, 11) is 0. The van der Waals surface area contributed by atoms with E-state index in [0.29, 0.717) is 47.6 Å². The topological polar surface area (TPSA) is 54.8 Å². The molecule has 0 saturated heterocycles. The Morgan fingerprint density at radius 1 is 0.952 bits per heavy atom. The summed E-state index contributed by atoms with van der Waals surface area (Å²) in [4.78, 5) is 7.96. The fourth-order valence-corrected chi connectivity index (χ4v) is 5.74. The molecule has 0 aliphatic heterocycles. The third kappa shape index (κ3) is 8.33. The first kappa shape index (κ1) is 32.0. The van der Waals surface area contributed by atoms with E-state index in [1.54, 1.807) is 26.8 Å². The number of aliphatic hydroxyl groups excluding tert-OH is 1. The van der Waals surface area contributed by atoms with Crippen LogP contribution in [0.4, 0.5) is 13.2 Å². The van der Waals surface area contributed by atoms with Crippen LogP contribution in [0.15, 0.2) is 72.8 Å². The van der Waals surface area contributed by atoms with Gasteiger partial charge in [0.1, 0.15) is 10.8 Å². The van der Waals surface area contributed by atoms with Crippen LogP contribution in [0.3, 0.4) is 0 Å². The molecule has 42 heavy (non-hydrogen) atoms. The second-order valence-corrected chi connectivity index (χ2v) is 12.0. The van der Waals surface area contributed by atoms with Gasteiger partial charge in [-0.15, -0.1) is 11.3 Å². The summed E-state index contributed by atoms with van der Waals surface area (Å²) in [6, 6.07) is 20.8. The van der Waals surface area contributed by atoms with Gasteiger partial charge in [-0.1, -0.05) is 60.1 Å². The lowest BCUT2D eigenvalue weighted by Crippen LogP contribution is -2.43. The van der Waals surface area contributed by atoms with E-state index in [1.165, 1.54) is 23.5 Å². The third-order valence-electron chi connectivity index (χ3n) is 6.66. The molecule has 3 aromatic carbocycles. The molecule has 5 nitrogen and oxygen atoms in total. The summed E-state index contributed by atoms with van der Waals surface area (Å²) < 4.78 is 50.4.